The first kappa shape index (κ1) is 23.9. The van der Waals surface area contributed by atoms with E-state index in [2.05, 4.69) is 32.7 Å². The Labute approximate surface area is 195 Å². The van der Waals surface area contributed by atoms with Crippen molar-refractivity contribution in [1.29, 1.82) is 0 Å². The first-order valence-corrected chi connectivity index (χ1v) is 9.85. The predicted molar refractivity (Wildman–Crippen MR) is 132 cm³/mol. The van der Waals surface area contributed by atoms with Crippen LogP contribution in [0.25, 0.3) is 0 Å². The number of phenols is 1. The van der Waals surface area contributed by atoms with E-state index < -0.39 is 0 Å². The second-order valence-corrected chi connectivity index (χ2v) is 7.05. The van der Waals surface area contributed by atoms with Gasteiger partial charge in [0.05, 0.1) is 14.2 Å². The van der Waals surface area contributed by atoms with Crippen LogP contribution in [-0.2, 0) is 6.54 Å². The molecule has 1 aliphatic heterocycles. The van der Waals surface area contributed by atoms with Gasteiger partial charge in [-0.1, -0.05) is 6.07 Å². The fourth-order valence-electron chi connectivity index (χ4n) is 3.53. The zero-order valence-corrected chi connectivity index (χ0v) is 20.1. The molecule has 0 amide bonds. The highest BCUT2D eigenvalue weighted by molar-refractivity contribution is 14.0. The van der Waals surface area contributed by atoms with Crippen LogP contribution in [0.3, 0.4) is 0 Å². The second-order valence-electron chi connectivity index (χ2n) is 7.05. The SMILES string of the molecule is CN=C(NCc1cc(OC)ccc1O)NC1CCCN(c2cccc(OC)c2)C1.I. The lowest BCUT2D eigenvalue weighted by Crippen LogP contribution is -2.51. The molecule has 1 aliphatic rings. The maximum atomic E-state index is 10.1. The number of guanidine groups is 1. The summed E-state index contributed by atoms with van der Waals surface area (Å²) in [6, 6.07) is 13.6. The summed E-state index contributed by atoms with van der Waals surface area (Å²) in [5, 5.41) is 16.9. The fourth-order valence-corrected chi connectivity index (χ4v) is 3.53. The average molecular weight is 526 g/mol. The smallest absolute Gasteiger partial charge is 0.191 e. The standard InChI is InChI=1S/C22H30N4O3.HI/c1-23-22(24-14-16-12-20(29-3)9-10-21(16)27)25-17-6-5-11-26(15-17)18-7-4-8-19(13-18)28-2;/h4,7-10,12-13,17,27H,5-6,11,14-15H2,1-3H3,(H2,23,24,25);1H. The number of ether oxygens (including phenoxy) is 2. The molecule has 7 nitrogen and oxygen atoms in total. The molecule has 1 saturated heterocycles. The van der Waals surface area contributed by atoms with Gasteiger partial charge in [-0.2, -0.15) is 0 Å². The maximum absolute atomic E-state index is 10.1. The second kappa shape index (κ2) is 11.7. The highest BCUT2D eigenvalue weighted by atomic mass is 127. The van der Waals surface area contributed by atoms with Crippen LogP contribution in [-0.4, -0.2) is 51.5 Å². The first-order valence-electron chi connectivity index (χ1n) is 9.85. The first-order chi connectivity index (χ1) is 14.1. The normalized spacial score (nSPS) is 16.4. The number of anilines is 1. The number of methoxy groups -OCH3 is 2. The molecule has 0 radical (unpaired) electrons. The van der Waals surface area contributed by atoms with Gasteiger partial charge < -0.3 is 30.1 Å². The Morgan fingerprint density at radius 2 is 1.93 bits per heavy atom. The minimum absolute atomic E-state index is 0. The number of hydrogen-bond acceptors (Lipinski definition) is 5. The van der Waals surface area contributed by atoms with E-state index in [9.17, 15) is 5.11 Å². The van der Waals surface area contributed by atoms with Crippen LogP contribution in [0.2, 0.25) is 0 Å². The highest BCUT2D eigenvalue weighted by Crippen LogP contribution is 2.25. The van der Waals surface area contributed by atoms with Gasteiger partial charge in [-0.25, -0.2) is 0 Å². The van der Waals surface area contributed by atoms with E-state index in [1.54, 1.807) is 33.4 Å². The number of aromatic hydroxyl groups is 1. The Hall–Kier alpha value is -2.36. The van der Waals surface area contributed by atoms with E-state index in [0.717, 1.165) is 37.2 Å². The average Bonchev–Trinajstić information content (AvgIpc) is 2.77. The molecule has 0 aromatic heterocycles. The van der Waals surface area contributed by atoms with Gasteiger partial charge in [0.1, 0.15) is 17.2 Å². The molecular formula is C22H31IN4O3. The number of rotatable bonds is 6. The van der Waals surface area contributed by atoms with Crippen LogP contribution in [0.1, 0.15) is 18.4 Å². The van der Waals surface area contributed by atoms with Crippen LogP contribution in [0.15, 0.2) is 47.5 Å². The van der Waals surface area contributed by atoms with Gasteiger partial charge in [0, 0.05) is 50.0 Å². The molecule has 3 N–H and O–H groups in total. The molecule has 0 spiro atoms. The van der Waals surface area contributed by atoms with E-state index in [4.69, 9.17) is 9.47 Å². The lowest BCUT2D eigenvalue weighted by Gasteiger charge is -2.35. The van der Waals surface area contributed by atoms with Crippen molar-refractivity contribution in [1.82, 2.24) is 10.6 Å². The molecule has 2 aromatic rings. The summed E-state index contributed by atoms with van der Waals surface area (Å²) in [5.74, 6) is 2.53. The topological polar surface area (TPSA) is 78.4 Å². The monoisotopic (exact) mass is 526 g/mol. The van der Waals surface area contributed by atoms with Crippen molar-refractivity contribution in [3.63, 3.8) is 0 Å². The summed E-state index contributed by atoms with van der Waals surface area (Å²) in [5.41, 5.74) is 1.93. The third-order valence-electron chi connectivity index (χ3n) is 5.14. The van der Waals surface area contributed by atoms with Crippen LogP contribution < -0.4 is 25.0 Å². The lowest BCUT2D eigenvalue weighted by molar-refractivity contribution is 0.410. The highest BCUT2D eigenvalue weighted by Gasteiger charge is 2.21. The van der Waals surface area contributed by atoms with E-state index in [1.165, 1.54) is 5.69 Å². The molecular weight excluding hydrogens is 495 g/mol. The number of nitrogens with zero attached hydrogens (tertiary/aromatic N) is 2. The van der Waals surface area contributed by atoms with Gasteiger partial charge in [-0.05, 0) is 43.2 Å². The number of piperidine rings is 1. The number of nitrogens with one attached hydrogen (secondary N) is 2. The minimum atomic E-state index is 0. The Bertz CT molecular complexity index is 847. The number of hydrogen-bond donors (Lipinski definition) is 3. The van der Waals surface area contributed by atoms with E-state index in [1.807, 2.05) is 18.2 Å². The number of aliphatic imine (C=N–C) groups is 1. The van der Waals surface area contributed by atoms with Crippen molar-refractivity contribution >= 4 is 35.6 Å². The molecule has 164 valence electrons. The molecule has 1 atom stereocenters. The van der Waals surface area contributed by atoms with Crippen molar-refractivity contribution in [3.8, 4) is 17.2 Å². The van der Waals surface area contributed by atoms with E-state index in [-0.39, 0.29) is 35.8 Å². The summed E-state index contributed by atoms with van der Waals surface area (Å²) < 4.78 is 10.6. The van der Waals surface area contributed by atoms with Crippen molar-refractivity contribution in [2.75, 3.05) is 39.3 Å². The summed E-state index contributed by atoms with van der Waals surface area (Å²) in [4.78, 5) is 6.70. The molecule has 1 heterocycles. The van der Waals surface area contributed by atoms with Gasteiger partial charge in [0.25, 0.3) is 0 Å². The van der Waals surface area contributed by atoms with Crippen LogP contribution in [0.5, 0.6) is 17.2 Å². The molecule has 1 fully saturated rings. The molecule has 1 unspecified atom stereocenters. The molecule has 0 bridgehead atoms. The van der Waals surface area contributed by atoms with Gasteiger partial charge >= 0.3 is 0 Å². The van der Waals surface area contributed by atoms with Gasteiger partial charge in [-0.3, -0.25) is 4.99 Å². The molecule has 30 heavy (non-hydrogen) atoms. The van der Waals surface area contributed by atoms with Crippen LogP contribution >= 0.6 is 24.0 Å². The fraction of sp³-hybridized carbons (Fsp3) is 0.409. The molecule has 0 saturated carbocycles. The summed E-state index contributed by atoms with van der Waals surface area (Å²) in [6.45, 7) is 2.36. The summed E-state index contributed by atoms with van der Waals surface area (Å²) in [6.07, 6.45) is 2.17. The Morgan fingerprint density at radius 1 is 1.17 bits per heavy atom. The molecule has 0 aliphatic carbocycles. The van der Waals surface area contributed by atoms with Crippen molar-refractivity contribution in [2.24, 2.45) is 4.99 Å². The van der Waals surface area contributed by atoms with E-state index >= 15 is 0 Å². The zero-order valence-electron chi connectivity index (χ0n) is 17.7. The number of halogens is 1. The van der Waals surface area contributed by atoms with Gasteiger partial charge in [0.2, 0.25) is 0 Å². The minimum Gasteiger partial charge on any atom is -0.508 e. The Kier molecular flexibility index (Phi) is 9.35. The maximum Gasteiger partial charge on any atom is 0.191 e. The lowest BCUT2D eigenvalue weighted by atomic mass is 10.0. The molecule has 8 heteroatoms. The quantitative estimate of drug-likeness (QED) is 0.305. The zero-order chi connectivity index (χ0) is 20.6. The van der Waals surface area contributed by atoms with Crippen molar-refractivity contribution < 1.29 is 14.6 Å². The summed E-state index contributed by atoms with van der Waals surface area (Å²) >= 11 is 0. The predicted octanol–water partition coefficient (Wildman–Crippen LogP) is 3.36. The van der Waals surface area contributed by atoms with Gasteiger partial charge in [-0.15, -0.1) is 24.0 Å². The van der Waals surface area contributed by atoms with Crippen LogP contribution in [0.4, 0.5) is 5.69 Å². The van der Waals surface area contributed by atoms with Crippen molar-refractivity contribution in [3.05, 3.63) is 48.0 Å². The van der Waals surface area contributed by atoms with Crippen LogP contribution in [0, 0.1) is 0 Å². The number of benzene rings is 2. The van der Waals surface area contributed by atoms with Crippen molar-refractivity contribution in [2.45, 2.75) is 25.4 Å². The van der Waals surface area contributed by atoms with E-state index in [0.29, 0.717) is 18.3 Å². The molecule has 2 aromatic carbocycles. The third kappa shape index (κ3) is 6.32. The number of phenolic OH excluding ortho intramolecular Hbond substituents is 1. The summed E-state index contributed by atoms with van der Waals surface area (Å²) in [7, 11) is 5.06. The largest absolute Gasteiger partial charge is 0.508 e. The van der Waals surface area contributed by atoms with Gasteiger partial charge in [0.15, 0.2) is 5.96 Å². The molecule has 3 rings (SSSR count). The third-order valence-corrected chi connectivity index (χ3v) is 5.14. The Morgan fingerprint density at radius 3 is 2.67 bits per heavy atom. The Balaban J connectivity index is 0.00000320.